The quantitative estimate of drug-likeness (QED) is 0.724. The molecule has 2 aromatic carbocycles. The van der Waals surface area contributed by atoms with E-state index >= 15 is 0 Å². The Balaban J connectivity index is 1.71. The predicted octanol–water partition coefficient (Wildman–Crippen LogP) is 3.60. The number of fused-ring (bicyclic) bond motifs is 9. The van der Waals surface area contributed by atoms with Gasteiger partial charge in [-0.25, -0.2) is 0 Å². The van der Waals surface area contributed by atoms with Crippen LogP contribution in [0.3, 0.4) is 0 Å². The first-order chi connectivity index (χ1) is 14.2. The van der Waals surface area contributed by atoms with E-state index in [1.165, 1.54) is 22.3 Å². The van der Waals surface area contributed by atoms with Crippen LogP contribution in [0.4, 0.5) is 0 Å². The molecule has 0 radical (unpaired) electrons. The Bertz CT molecular complexity index is 1080. The van der Waals surface area contributed by atoms with Gasteiger partial charge in [0.05, 0.1) is 0 Å². The maximum Gasteiger partial charge on any atom is 0.488 e. The molecule has 1 spiro atoms. The summed E-state index contributed by atoms with van der Waals surface area (Å²) in [4.78, 5) is 0. The summed E-state index contributed by atoms with van der Waals surface area (Å²) in [5.74, 6) is 0.617. The zero-order valence-corrected chi connectivity index (χ0v) is 16.7. The van der Waals surface area contributed by atoms with E-state index in [0.29, 0.717) is 27.8 Å². The van der Waals surface area contributed by atoms with Gasteiger partial charge < -0.3 is 10.0 Å². The molecule has 1 fully saturated rings. The van der Waals surface area contributed by atoms with Crippen molar-refractivity contribution in [3.63, 3.8) is 0 Å². The van der Waals surface area contributed by atoms with Crippen molar-refractivity contribution in [2.24, 2.45) is 11.8 Å². The second kappa shape index (κ2) is 6.37. The summed E-state index contributed by atoms with van der Waals surface area (Å²) in [5, 5.41) is 20.6. The largest absolute Gasteiger partial charge is 0.488 e. The molecule has 4 atom stereocenters. The van der Waals surface area contributed by atoms with Crippen LogP contribution in [0.1, 0.15) is 11.1 Å². The average molecular weight is 396 g/mol. The second-order valence-corrected chi connectivity index (χ2v) is 9.61. The van der Waals surface area contributed by atoms with Gasteiger partial charge in [-0.1, -0.05) is 91.1 Å². The minimum Gasteiger partial charge on any atom is -0.423 e. The lowest BCUT2D eigenvalue weighted by molar-refractivity contribution is 0.291. The zero-order chi connectivity index (χ0) is 19.6. The van der Waals surface area contributed by atoms with Crippen LogP contribution >= 0.6 is 11.8 Å². The number of benzene rings is 2. The zero-order valence-electron chi connectivity index (χ0n) is 15.8. The molecule has 1 heterocycles. The lowest BCUT2D eigenvalue weighted by Crippen LogP contribution is -2.53. The van der Waals surface area contributed by atoms with Gasteiger partial charge in [-0.15, -0.1) is 11.8 Å². The van der Waals surface area contributed by atoms with Crippen molar-refractivity contribution in [3.8, 4) is 11.1 Å². The van der Waals surface area contributed by atoms with Gasteiger partial charge in [0.1, 0.15) is 0 Å². The molecule has 3 aliphatic carbocycles. The van der Waals surface area contributed by atoms with Crippen LogP contribution in [-0.4, -0.2) is 27.7 Å². The molecule has 4 unspecified atom stereocenters. The highest BCUT2D eigenvalue weighted by atomic mass is 32.2. The summed E-state index contributed by atoms with van der Waals surface area (Å²) in [6.07, 6.45) is 18.1. The summed E-state index contributed by atoms with van der Waals surface area (Å²) >= 11 is 2.05. The van der Waals surface area contributed by atoms with E-state index in [1.807, 2.05) is 23.9 Å². The third-order valence-electron chi connectivity index (χ3n) is 6.98. The van der Waals surface area contributed by atoms with Crippen LogP contribution in [-0.2, 0) is 5.41 Å². The fourth-order valence-corrected chi connectivity index (χ4v) is 7.58. The molecule has 2 nitrogen and oxygen atoms in total. The van der Waals surface area contributed by atoms with Crippen molar-refractivity contribution < 1.29 is 10.0 Å². The smallest absolute Gasteiger partial charge is 0.423 e. The lowest BCUT2D eigenvalue weighted by Gasteiger charge is -2.54. The fourth-order valence-electron chi connectivity index (χ4n) is 5.90. The topological polar surface area (TPSA) is 40.5 Å². The highest BCUT2D eigenvalue weighted by molar-refractivity contribution is 8.00. The minimum absolute atomic E-state index is 0.222. The van der Waals surface area contributed by atoms with Crippen molar-refractivity contribution >= 4 is 24.3 Å². The van der Waals surface area contributed by atoms with E-state index in [-0.39, 0.29) is 5.41 Å². The molecule has 2 N–H and O–H groups in total. The first-order valence-corrected chi connectivity index (χ1v) is 11.1. The molecule has 0 bridgehead atoms. The number of thioether (sulfide) groups is 1. The predicted molar refractivity (Wildman–Crippen MR) is 121 cm³/mol. The Morgan fingerprint density at radius 2 is 1.34 bits per heavy atom. The van der Waals surface area contributed by atoms with Crippen LogP contribution in [0.25, 0.3) is 11.1 Å². The van der Waals surface area contributed by atoms with Gasteiger partial charge >= 0.3 is 7.12 Å². The van der Waals surface area contributed by atoms with Gasteiger partial charge in [0.15, 0.2) is 0 Å². The molecular formula is C25H21BO2S. The van der Waals surface area contributed by atoms with Crippen molar-refractivity contribution in [1.29, 1.82) is 0 Å². The van der Waals surface area contributed by atoms with Crippen LogP contribution in [0.2, 0.25) is 0 Å². The fraction of sp³-hybridized carbons (Fsp3) is 0.200. The molecule has 4 aliphatic rings. The van der Waals surface area contributed by atoms with Crippen LogP contribution in [0.15, 0.2) is 91.1 Å². The first-order valence-electron chi connectivity index (χ1n) is 10.2. The van der Waals surface area contributed by atoms with Gasteiger partial charge in [-0.3, -0.25) is 0 Å². The standard InChI is InChI=1S/C25H21BO2S/c27-26(28)16-13-14-18-17-7-1-2-8-19(17)25(22(18)15-16)20-9-3-5-11-23(20)29-24-12-6-4-10-21(24)25/h1-15,20-21,23-24,27-28H. The SMILES string of the molecule is OB(O)c1ccc2c(c1)C1(c3ccccc3-2)C2C=CC=CC2SC2C=CC=CC21. The van der Waals surface area contributed by atoms with Gasteiger partial charge in [-0.2, -0.15) is 0 Å². The van der Waals surface area contributed by atoms with Crippen molar-refractivity contribution in [2.75, 3.05) is 0 Å². The molecule has 4 heteroatoms. The normalized spacial score (nSPS) is 32.6. The molecule has 0 aromatic heterocycles. The van der Waals surface area contributed by atoms with E-state index < -0.39 is 7.12 Å². The molecule has 2 aromatic rings. The third-order valence-corrected chi connectivity index (χ3v) is 8.51. The van der Waals surface area contributed by atoms with Crippen molar-refractivity contribution in [1.82, 2.24) is 0 Å². The average Bonchev–Trinajstić information content (AvgIpc) is 3.05. The molecular weight excluding hydrogens is 375 g/mol. The molecule has 142 valence electrons. The minimum atomic E-state index is -1.46. The second-order valence-electron chi connectivity index (χ2n) is 8.25. The summed E-state index contributed by atoms with van der Waals surface area (Å²) in [6, 6.07) is 14.7. The highest BCUT2D eigenvalue weighted by Gasteiger charge is 2.59. The number of hydrogen-bond donors (Lipinski definition) is 2. The van der Waals surface area contributed by atoms with E-state index in [9.17, 15) is 10.0 Å². The molecule has 0 amide bonds. The Morgan fingerprint density at radius 3 is 2.03 bits per heavy atom. The Labute approximate surface area is 175 Å². The molecule has 0 saturated carbocycles. The number of allylic oxidation sites excluding steroid dienone is 6. The van der Waals surface area contributed by atoms with E-state index in [2.05, 4.69) is 78.9 Å². The van der Waals surface area contributed by atoms with Gasteiger partial charge in [0.2, 0.25) is 0 Å². The van der Waals surface area contributed by atoms with Gasteiger partial charge in [0.25, 0.3) is 0 Å². The van der Waals surface area contributed by atoms with Crippen LogP contribution in [0.5, 0.6) is 0 Å². The maximum atomic E-state index is 9.92. The molecule has 1 aliphatic heterocycles. The molecule has 29 heavy (non-hydrogen) atoms. The highest BCUT2D eigenvalue weighted by Crippen LogP contribution is 2.64. The van der Waals surface area contributed by atoms with Crippen LogP contribution in [0, 0.1) is 11.8 Å². The van der Waals surface area contributed by atoms with Gasteiger partial charge in [0, 0.05) is 27.8 Å². The summed E-state index contributed by atoms with van der Waals surface area (Å²) < 4.78 is 0. The van der Waals surface area contributed by atoms with E-state index in [4.69, 9.17) is 0 Å². The van der Waals surface area contributed by atoms with E-state index in [1.54, 1.807) is 0 Å². The Hall–Kier alpha value is -2.27. The van der Waals surface area contributed by atoms with Crippen molar-refractivity contribution in [2.45, 2.75) is 15.9 Å². The van der Waals surface area contributed by atoms with Gasteiger partial charge in [-0.05, 0) is 27.7 Å². The summed E-state index contributed by atoms with van der Waals surface area (Å²) in [6.45, 7) is 0. The first kappa shape index (κ1) is 17.6. The monoisotopic (exact) mass is 396 g/mol. The summed E-state index contributed by atoms with van der Waals surface area (Å²) in [7, 11) is -1.46. The maximum absolute atomic E-state index is 9.92. The molecule has 1 saturated heterocycles. The lowest BCUT2D eigenvalue weighted by atomic mass is 9.57. The third kappa shape index (κ3) is 2.28. The van der Waals surface area contributed by atoms with Crippen molar-refractivity contribution in [3.05, 3.63) is 102 Å². The Kier molecular flexibility index (Phi) is 3.86. The summed E-state index contributed by atoms with van der Waals surface area (Å²) in [5.41, 5.74) is 5.43. The van der Waals surface area contributed by atoms with E-state index in [0.717, 1.165) is 0 Å². The molecule has 6 rings (SSSR count). The number of rotatable bonds is 1. The van der Waals surface area contributed by atoms with Crippen LogP contribution < -0.4 is 5.46 Å². The Morgan fingerprint density at radius 1 is 0.724 bits per heavy atom. The number of hydrogen-bond acceptors (Lipinski definition) is 3.